The number of hydrogen-bond acceptors (Lipinski definition) is 4. The van der Waals surface area contributed by atoms with E-state index in [0.29, 0.717) is 26.2 Å². The Morgan fingerprint density at radius 1 is 1.53 bits per heavy atom. The molecule has 0 radical (unpaired) electrons. The molecule has 6 heteroatoms. The normalized spacial score (nSPS) is 24.3. The number of piperidine rings is 1. The molecule has 0 bridgehead atoms. The Balaban J connectivity index is 2.36. The van der Waals surface area contributed by atoms with Gasteiger partial charge in [-0.2, -0.15) is 4.31 Å². The number of nitrogens with two attached hydrogens (primary N) is 1. The molecule has 1 fully saturated rings. The molecule has 0 aromatic heterocycles. The fraction of sp³-hybridized carbons (Fsp3) is 1.00. The fourth-order valence-corrected chi connectivity index (χ4v) is 2.57. The Morgan fingerprint density at radius 3 is 2.87 bits per heavy atom. The third-order valence-electron chi connectivity index (χ3n) is 2.51. The van der Waals surface area contributed by atoms with Gasteiger partial charge in [-0.25, -0.2) is 8.42 Å². The molecular formula is C9H20N2O3S. The maximum absolute atomic E-state index is 11.3. The number of sulfonamides is 1. The Kier molecular flexibility index (Phi) is 4.98. The minimum Gasteiger partial charge on any atom is -0.377 e. The van der Waals surface area contributed by atoms with Gasteiger partial charge >= 0.3 is 0 Å². The molecule has 0 aromatic carbocycles. The van der Waals surface area contributed by atoms with Crippen LogP contribution in [0.25, 0.3) is 0 Å². The van der Waals surface area contributed by atoms with Crippen LogP contribution in [0.1, 0.15) is 19.3 Å². The van der Waals surface area contributed by atoms with Crippen LogP contribution in [0.3, 0.4) is 0 Å². The largest absolute Gasteiger partial charge is 0.377 e. The number of hydrogen-bond donors (Lipinski definition) is 1. The van der Waals surface area contributed by atoms with Gasteiger partial charge < -0.3 is 10.5 Å². The SMILES string of the molecule is CS(=O)(=O)N1CCCC(OCCCN)C1. The first-order valence-corrected chi connectivity index (χ1v) is 7.15. The van der Waals surface area contributed by atoms with Crippen molar-refractivity contribution in [1.29, 1.82) is 0 Å². The molecule has 1 saturated heterocycles. The molecule has 2 N–H and O–H groups in total. The highest BCUT2D eigenvalue weighted by molar-refractivity contribution is 7.88. The zero-order chi connectivity index (χ0) is 11.3. The highest BCUT2D eigenvalue weighted by atomic mass is 32.2. The number of ether oxygens (including phenoxy) is 1. The Hall–Kier alpha value is -0.170. The molecule has 1 unspecified atom stereocenters. The smallest absolute Gasteiger partial charge is 0.211 e. The lowest BCUT2D eigenvalue weighted by atomic mass is 10.1. The summed E-state index contributed by atoms with van der Waals surface area (Å²) in [6.45, 7) is 2.35. The van der Waals surface area contributed by atoms with Crippen molar-refractivity contribution in [2.45, 2.75) is 25.4 Å². The lowest BCUT2D eigenvalue weighted by molar-refractivity contribution is 0.0187. The van der Waals surface area contributed by atoms with Gasteiger partial charge in [0.25, 0.3) is 0 Å². The summed E-state index contributed by atoms with van der Waals surface area (Å²) in [7, 11) is -3.06. The summed E-state index contributed by atoms with van der Waals surface area (Å²) in [5.74, 6) is 0. The summed E-state index contributed by atoms with van der Waals surface area (Å²) in [5, 5.41) is 0. The van der Waals surface area contributed by atoms with Crippen LogP contribution >= 0.6 is 0 Å². The highest BCUT2D eigenvalue weighted by Crippen LogP contribution is 2.15. The van der Waals surface area contributed by atoms with Crippen molar-refractivity contribution < 1.29 is 13.2 Å². The topological polar surface area (TPSA) is 72.6 Å². The minimum atomic E-state index is -3.06. The van der Waals surface area contributed by atoms with Crippen LogP contribution in [0, 0.1) is 0 Å². The first-order valence-electron chi connectivity index (χ1n) is 5.31. The van der Waals surface area contributed by atoms with Crippen molar-refractivity contribution in [3.05, 3.63) is 0 Å². The average Bonchev–Trinajstić information content (AvgIpc) is 2.17. The molecule has 0 saturated carbocycles. The molecule has 15 heavy (non-hydrogen) atoms. The zero-order valence-electron chi connectivity index (χ0n) is 9.18. The summed E-state index contributed by atoms with van der Waals surface area (Å²) in [5.41, 5.74) is 5.35. The summed E-state index contributed by atoms with van der Waals surface area (Å²) >= 11 is 0. The number of nitrogens with zero attached hydrogens (tertiary/aromatic N) is 1. The molecule has 1 atom stereocenters. The molecule has 1 heterocycles. The van der Waals surface area contributed by atoms with E-state index < -0.39 is 10.0 Å². The molecule has 0 aliphatic carbocycles. The van der Waals surface area contributed by atoms with E-state index in [4.69, 9.17) is 10.5 Å². The fourth-order valence-electron chi connectivity index (χ4n) is 1.68. The first kappa shape index (κ1) is 12.9. The second kappa shape index (κ2) is 5.79. The van der Waals surface area contributed by atoms with Crippen LogP contribution in [-0.4, -0.2) is 51.3 Å². The van der Waals surface area contributed by atoms with Gasteiger partial charge in [-0.1, -0.05) is 0 Å². The van der Waals surface area contributed by atoms with Crippen molar-refractivity contribution in [3.8, 4) is 0 Å². The summed E-state index contributed by atoms with van der Waals surface area (Å²) in [6.07, 6.45) is 3.93. The van der Waals surface area contributed by atoms with E-state index in [0.717, 1.165) is 19.3 Å². The van der Waals surface area contributed by atoms with Crippen molar-refractivity contribution in [2.75, 3.05) is 32.5 Å². The lowest BCUT2D eigenvalue weighted by Crippen LogP contribution is -2.42. The van der Waals surface area contributed by atoms with E-state index in [1.54, 1.807) is 0 Å². The summed E-state index contributed by atoms with van der Waals surface area (Å²) in [4.78, 5) is 0. The molecular weight excluding hydrogens is 216 g/mol. The quantitative estimate of drug-likeness (QED) is 0.670. The van der Waals surface area contributed by atoms with Crippen LogP contribution in [0.5, 0.6) is 0 Å². The van der Waals surface area contributed by atoms with Gasteiger partial charge in [0.2, 0.25) is 10.0 Å². The molecule has 0 amide bonds. The summed E-state index contributed by atoms with van der Waals surface area (Å²) in [6, 6.07) is 0. The molecule has 0 aromatic rings. The van der Waals surface area contributed by atoms with Gasteiger partial charge in [0.15, 0.2) is 0 Å². The second-order valence-corrected chi connectivity index (χ2v) is 5.88. The standard InChI is InChI=1S/C9H20N2O3S/c1-15(12,13)11-6-2-4-9(8-11)14-7-3-5-10/h9H,2-8,10H2,1H3. The van der Waals surface area contributed by atoms with E-state index in [1.807, 2.05) is 0 Å². The van der Waals surface area contributed by atoms with E-state index in [2.05, 4.69) is 0 Å². The van der Waals surface area contributed by atoms with Crippen LogP contribution in [-0.2, 0) is 14.8 Å². The minimum absolute atomic E-state index is 0.0417. The van der Waals surface area contributed by atoms with Crippen molar-refractivity contribution in [1.82, 2.24) is 4.31 Å². The van der Waals surface area contributed by atoms with Gasteiger partial charge in [-0.3, -0.25) is 0 Å². The van der Waals surface area contributed by atoms with Crippen LogP contribution < -0.4 is 5.73 Å². The Morgan fingerprint density at radius 2 is 2.27 bits per heavy atom. The van der Waals surface area contributed by atoms with Crippen LogP contribution in [0.2, 0.25) is 0 Å². The molecule has 1 aliphatic rings. The first-order chi connectivity index (χ1) is 7.04. The highest BCUT2D eigenvalue weighted by Gasteiger charge is 2.25. The van der Waals surface area contributed by atoms with Crippen molar-refractivity contribution in [3.63, 3.8) is 0 Å². The second-order valence-electron chi connectivity index (χ2n) is 3.90. The predicted octanol–water partition coefficient (Wildman–Crippen LogP) is -0.224. The predicted molar refractivity (Wildman–Crippen MR) is 59.1 cm³/mol. The van der Waals surface area contributed by atoms with Gasteiger partial charge in [-0.15, -0.1) is 0 Å². The van der Waals surface area contributed by atoms with Crippen molar-refractivity contribution >= 4 is 10.0 Å². The monoisotopic (exact) mass is 236 g/mol. The van der Waals surface area contributed by atoms with E-state index in [1.165, 1.54) is 10.6 Å². The third-order valence-corrected chi connectivity index (χ3v) is 3.78. The maximum atomic E-state index is 11.3. The molecule has 0 spiro atoms. The average molecular weight is 236 g/mol. The van der Waals surface area contributed by atoms with Crippen molar-refractivity contribution in [2.24, 2.45) is 5.73 Å². The number of rotatable bonds is 5. The van der Waals surface area contributed by atoms with Gasteiger partial charge in [0.1, 0.15) is 0 Å². The summed E-state index contributed by atoms with van der Waals surface area (Å²) < 4.78 is 29.7. The molecule has 90 valence electrons. The molecule has 1 aliphatic heterocycles. The maximum Gasteiger partial charge on any atom is 0.211 e. The van der Waals surface area contributed by atoms with Crippen LogP contribution in [0.4, 0.5) is 0 Å². The molecule has 1 rings (SSSR count). The van der Waals surface area contributed by atoms with Gasteiger partial charge in [0, 0.05) is 19.7 Å². The molecule has 5 nitrogen and oxygen atoms in total. The zero-order valence-corrected chi connectivity index (χ0v) is 10.0. The third kappa shape index (κ3) is 4.46. The Bertz CT molecular complexity index is 279. The van der Waals surface area contributed by atoms with Crippen LogP contribution in [0.15, 0.2) is 0 Å². The lowest BCUT2D eigenvalue weighted by Gasteiger charge is -2.30. The Labute approximate surface area is 91.6 Å². The van der Waals surface area contributed by atoms with E-state index >= 15 is 0 Å². The van der Waals surface area contributed by atoms with Gasteiger partial charge in [-0.05, 0) is 25.8 Å². The van der Waals surface area contributed by atoms with E-state index in [9.17, 15) is 8.42 Å². The van der Waals surface area contributed by atoms with Gasteiger partial charge in [0.05, 0.1) is 12.4 Å². The van der Waals surface area contributed by atoms with E-state index in [-0.39, 0.29) is 6.10 Å².